The van der Waals surface area contributed by atoms with E-state index in [4.69, 9.17) is 4.74 Å². The van der Waals surface area contributed by atoms with Crippen molar-refractivity contribution in [3.63, 3.8) is 0 Å². The average Bonchev–Trinajstić information content (AvgIpc) is 2.49. The lowest BCUT2D eigenvalue weighted by Crippen LogP contribution is -2.50. The number of hydrogen-bond donors (Lipinski definition) is 0. The standard InChI is InChI=1S/C15H22N2O2/c1-3-16-9-11-17(12-10-16)15(18)14(19-2)13-7-5-4-6-8-13/h4-8,14H,3,9-12H2,1-2H3/t14-/m1/s1. The van der Waals surface area contributed by atoms with Gasteiger partial charge < -0.3 is 14.5 Å². The zero-order chi connectivity index (χ0) is 13.7. The molecule has 0 aliphatic carbocycles. The Morgan fingerprint density at radius 2 is 1.84 bits per heavy atom. The number of hydrogen-bond acceptors (Lipinski definition) is 3. The number of carbonyl (C=O) groups excluding carboxylic acids is 1. The van der Waals surface area contributed by atoms with Crippen LogP contribution >= 0.6 is 0 Å². The van der Waals surface area contributed by atoms with Gasteiger partial charge in [0.2, 0.25) is 0 Å². The fraction of sp³-hybridized carbons (Fsp3) is 0.533. The predicted octanol–water partition coefficient (Wildman–Crippen LogP) is 1.54. The number of piperazine rings is 1. The van der Waals surface area contributed by atoms with Crippen molar-refractivity contribution >= 4 is 5.91 Å². The van der Waals surface area contributed by atoms with Crippen LogP contribution in [0, 0.1) is 0 Å². The Hall–Kier alpha value is -1.39. The molecule has 4 nitrogen and oxygen atoms in total. The minimum atomic E-state index is -0.477. The number of amides is 1. The van der Waals surface area contributed by atoms with Crippen LogP contribution in [0.5, 0.6) is 0 Å². The summed E-state index contributed by atoms with van der Waals surface area (Å²) in [5, 5.41) is 0. The molecule has 1 aliphatic heterocycles. The molecular weight excluding hydrogens is 240 g/mol. The SMILES string of the molecule is CCN1CCN(C(=O)[C@H](OC)c2ccccc2)CC1. The summed E-state index contributed by atoms with van der Waals surface area (Å²) < 4.78 is 5.40. The van der Waals surface area contributed by atoms with Gasteiger partial charge in [-0.15, -0.1) is 0 Å². The Bertz CT molecular complexity index is 400. The third kappa shape index (κ3) is 3.33. The molecule has 1 amide bonds. The van der Waals surface area contributed by atoms with Gasteiger partial charge in [0, 0.05) is 33.3 Å². The van der Waals surface area contributed by atoms with Gasteiger partial charge >= 0.3 is 0 Å². The van der Waals surface area contributed by atoms with Crippen molar-refractivity contribution in [3.05, 3.63) is 35.9 Å². The maximum absolute atomic E-state index is 12.5. The van der Waals surface area contributed by atoms with Gasteiger partial charge in [-0.3, -0.25) is 4.79 Å². The summed E-state index contributed by atoms with van der Waals surface area (Å²) in [6.07, 6.45) is -0.477. The molecule has 0 aromatic heterocycles. The van der Waals surface area contributed by atoms with Crippen LogP contribution in [-0.2, 0) is 9.53 Å². The number of nitrogens with zero attached hydrogens (tertiary/aromatic N) is 2. The van der Waals surface area contributed by atoms with E-state index in [0.717, 1.165) is 38.3 Å². The molecule has 0 saturated carbocycles. The molecule has 19 heavy (non-hydrogen) atoms. The number of rotatable bonds is 4. The summed E-state index contributed by atoms with van der Waals surface area (Å²) in [4.78, 5) is 16.8. The summed E-state index contributed by atoms with van der Waals surface area (Å²) >= 11 is 0. The van der Waals surface area contributed by atoms with Gasteiger partial charge in [0.25, 0.3) is 5.91 Å². The summed E-state index contributed by atoms with van der Waals surface area (Å²) in [5.41, 5.74) is 0.924. The fourth-order valence-corrected chi connectivity index (χ4v) is 2.46. The van der Waals surface area contributed by atoms with Gasteiger partial charge in [0.15, 0.2) is 6.10 Å². The van der Waals surface area contributed by atoms with Crippen LogP contribution in [0.15, 0.2) is 30.3 Å². The summed E-state index contributed by atoms with van der Waals surface area (Å²) in [6, 6.07) is 9.69. The van der Waals surface area contributed by atoms with Crippen LogP contribution in [0.4, 0.5) is 0 Å². The Morgan fingerprint density at radius 1 is 1.21 bits per heavy atom. The van der Waals surface area contributed by atoms with E-state index in [1.165, 1.54) is 0 Å². The van der Waals surface area contributed by atoms with E-state index < -0.39 is 6.10 Å². The van der Waals surface area contributed by atoms with Crippen molar-refractivity contribution in [2.24, 2.45) is 0 Å². The minimum Gasteiger partial charge on any atom is -0.367 e. The van der Waals surface area contributed by atoms with Crippen LogP contribution in [-0.4, -0.2) is 55.5 Å². The minimum absolute atomic E-state index is 0.0736. The van der Waals surface area contributed by atoms with E-state index in [2.05, 4.69) is 11.8 Å². The Morgan fingerprint density at radius 3 is 2.37 bits per heavy atom. The van der Waals surface area contributed by atoms with Crippen molar-refractivity contribution in [2.45, 2.75) is 13.0 Å². The van der Waals surface area contributed by atoms with Gasteiger partial charge in [-0.05, 0) is 12.1 Å². The number of ether oxygens (including phenoxy) is 1. The van der Waals surface area contributed by atoms with Crippen LogP contribution in [0.2, 0.25) is 0 Å². The van der Waals surface area contributed by atoms with Gasteiger partial charge in [0.05, 0.1) is 0 Å². The highest BCUT2D eigenvalue weighted by Gasteiger charge is 2.27. The molecule has 1 aromatic rings. The topological polar surface area (TPSA) is 32.8 Å². The molecule has 0 spiro atoms. The van der Waals surface area contributed by atoms with E-state index in [1.54, 1.807) is 7.11 Å². The highest BCUT2D eigenvalue weighted by atomic mass is 16.5. The van der Waals surface area contributed by atoms with Crippen LogP contribution in [0.25, 0.3) is 0 Å². The Kier molecular flexibility index (Phi) is 4.93. The average molecular weight is 262 g/mol. The second-order valence-electron chi connectivity index (χ2n) is 4.79. The van der Waals surface area contributed by atoms with Gasteiger partial charge in [-0.1, -0.05) is 37.3 Å². The maximum Gasteiger partial charge on any atom is 0.256 e. The summed E-state index contributed by atoms with van der Waals surface area (Å²) in [7, 11) is 1.60. The smallest absolute Gasteiger partial charge is 0.256 e. The lowest BCUT2D eigenvalue weighted by Gasteiger charge is -2.35. The molecule has 1 fully saturated rings. The molecule has 2 rings (SSSR count). The summed E-state index contributed by atoms with van der Waals surface area (Å²) in [6.45, 7) is 6.69. The zero-order valence-electron chi connectivity index (χ0n) is 11.7. The predicted molar refractivity (Wildman–Crippen MR) is 74.9 cm³/mol. The second-order valence-corrected chi connectivity index (χ2v) is 4.79. The second kappa shape index (κ2) is 6.68. The first-order chi connectivity index (χ1) is 9.26. The molecule has 0 unspecified atom stereocenters. The molecular formula is C15H22N2O2. The number of carbonyl (C=O) groups is 1. The van der Waals surface area contributed by atoms with Gasteiger partial charge in [-0.25, -0.2) is 0 Å². The van der Waals surface area contributed by atoms with E-state index >= 15 is 0 Å². The van der Waals surface area contributed by atoms with Crippen LogP contribution < -0.4 is 0 Å². The largest absolute Gasteiger partial charge is 0.367 e. The van der Waals surface area contributed by atoms with Crippen molar-refractivity contribution in [1.29, 1.82) is 0 Å². The van der Waals surface area contributed by atoms with Crippen molar-refractivity contribution < 1.29 is 9.53 Å². The van der Waals surface area contributed by atoms with E-state index in [9.17, 15) is 4.79 Å². The third-order valence-electron chi connectivity index (χ3n) is 3.69. The lowest BCUT2D eigenvalue weighted by atomic mass is 10.1. The summed E-state index contributed by atoms with van der Waals surface area (Å²) in [5.74, 6) is 0.0736. The first-order valence-electron chi connectivity index (χ1n) is 6.85. The zero-order valence-corrected chi connectivity index (χ0v) is 11.7. The van der Waals surface area contributed by atoms with Gasteiger partial charge in [0.1, 0.15) is 0 Å². The molecule has 0 radical (unpaired) electrons. The molecule has 1 atom stereocenters. The quantitative estimate of drug-likeness (QED) is 0.825. The van der Waals surface area contributed by atoms with E-state index in [1.807, 2.05) is 35.2 Å². The molecule has 0 N–H and O–H groups in total. The number of likely N-dealkylation sites (N-methyl/N-ethyl adjacent to an activating group) is 1. The molecule has 1 aliphatic rings. The lowest BCUT2D eigenvalue weighted by molar-refractivity contribution is -0.144. The highest BCUT2D eigenvalue weighted by molar-refractivity contribution is 5.82. The Balaban J connectivity index is 2.02. The van der Waals surface area contributed by atoms with Crippen LogP contribution in [0.3, 0.4) is 0 Å². The molecule has 1 aromatic carbocycles. The normalized spacial score (nSPS) is 18.3. The monoisotopic (exact) mass is 262 g/mol. The van der Waals surface area contributed by atoms with Crippen molar-refractivity contribution in [2.75, 3.05) is 39.8 Å². The maximum atomic E-state index is 12.5. The van der Waals surface area contributed by atoms with E-state index in [-0.39, 0.29) is 5.91 Å². The number of benzene rings is 1. The molecule has 0 bridgehead atoms. The van der Waals surface area contributed by atoms with Gasteiger partial charge in [-0.2, -0.15) is 0 Å². The molecule has 4 heteroatoms. The van der Waals surface area contributed by atoms with Crippen LogP contribution in [0.1, 0.15) is 18.6 Å². The highest BCUT2D eigenvalue weighted by Crippen LogP contribution is 2.20. The van der Waals surface area contributed by atoms with Crippen molar-refractivity contribution in [1.82, 2.24) is 9.80 Å². The van der Waals surface area contributed by atoms with Crippen molar-refractivity contribution in [3.8, 4) is 0 Å². The third-order valence-corrected chi connectivity index (χ3v) is 3.69. The molecule has 1 heterocycles. The fourth-order valence-electron chi connectivity index (χ4n) is 2.46. The number of methoxy groups -OCH3 is 1. The molecule has 1 saturated heterocycles. The van der Waals surface area contributed by atoms with E-state index in [0.29, 0.717) is 0 Å². The Labute approximate surface area is 115 Å². The first-order valence-corrected chi connectivity index (χ1v) is 6.85. The first kappa shape index (κ1) is 14.0. The molecule has 104 valence electrons.